The van der Waals surface area contributed by atoms with E-state index in [-0.39, 0.29) is 6.04 Å². The van der Waals surface area contributed by atoms with Crippen LogP contribution in [0.2, 0.25) is 0 Å². The number of hydrogen-bond acceptors (Lipinski definition) is 4. The normalized spacial score (nSPS) is 12.4. The molecule has 0 saturated heterocycles. The van der Waals surface area contributed by atoms with Crippen molar-refractivity contribution >= 4 is 0 Å². The maximum Gasteiger partial charge on any atom is 0.123 e. The predicted octanol–water partition coefficient (Wildman–Crippen LogP) is 2.01. The van der Waals surface area contributed by atoms with Gasteiger partial charge in [0, 0.05) is 12.2 Å². The molecule has 0 aliphatic heterocycles. The molecule has 0 aromatic heterocycles. The number of methoxy groups -OCH3 is 1. The number of nitrogens with one attached hydrogen (secondary N) is 1. The fraction of sp³-hybridized carbons (Fsp3) is 0.571. The molecule has 1 atom stereocenters. The van der Waals surface area contributed by atoms with Gasteiger partial charge in [-0.1, -0.05) is 18.2 Å². The summed E-state index contributed by atoms with van der Waals surface area (Å²) in [4.78, 5) is 0. The Morgan fingerprint density at radius 3 is 2.56 bits per heavy atom. The molecule has 0 fully saturated rings. The Labute approximate surface area is 109 Å². The molecule has 0 bridgehead atoms. The first kappa shape index (κ1) is 15.0. The predicted molar refractivity (Wildman–Crippen MR) is 72.1 cm³/mol. The van der Waals surface area contributed by atoms with Gasteiger partial charge in [-0.2, -0.15) is 0 Å². The first-order chi connectivity index (χ1) is 8.83. The van der Waals surface area contributed by atoms with Gasteiger partial charge in [0.1, 0.15) is 5.75 Å². The number of benzene rings is 1. The van der Waals surface area contributed by atoms with Crippen LogP contribution < -0.4 is 10.1 Å². The van der Waals surface area contributed by atoms with Crippen LogP contribution in [0.5, 0.6) is 5.75 Å². The molecule has 1 N–H and O–H groups in total. The molecule has 1 aromatic rings. The van der Waals surface area contributed by atoms with Crippen molar-refractivity contribution in [2.45, 2.75) is 13.0 Å². The van der Waals surface area contributed by atoms with E-state index in [0.29, 0.717) is 19.8 Å². The molecule has 18 heavy (non-hydrogen) atoms. The highest BCUT2D eigenvalue weighted by Crippen LogP contribution is 2.24. The van der Waals surface area contributed by atoms with E-state index >= 15 is 0 Å². The molecule has 0 saturated carbocycles. The first-order valence-corrected chi connectivity index (χ1v) is 6.29. The lowest BCUT2D eigenvalue weighted by atomic mass is 10.1. The molecule has 102 valence electrons. The fourth-order valence-electron chi connectivity index (χ4n) is 1.75. The Bertz CT molecular complexity index is 331. The highest BCUT2D eigenvalue weighted by molar-refractivity contribution is 5.35. The zero-order valence-corrected chi connectivity index (χ0v) is 11.4. The van der Waals surface area contributed by atoms with E-state index in [2.05, 4.69) is 5.32 Å². The average molecular weight is 253 g/mol. The Morgan fingerprint density at radius 1 is 1.17 bits per heavy atom. The molecule has 0 spiro atoms. The molecular weight excluding hydrogens is 230 g/mol. The van der Waals surface area contributed by atoms with Crippen LogP contribution in [-0.2, 0) is 9.47 Å². The lowest BCUT2D eigenvalue weighted by Gasteiger charge is -2.19. The summed E-state index contributed by atoms with van der Waals surface area (Å²) in [5, 5.41) is 3.24. The lowest BCUT2D eigenvalue weighted by Crippen LogP contribution is -2.23. The Balaban J connectivity index is 2.49. The van der Waals surface area contributed by atoms with Crippen molar-refractivity contribution < 1.29 is 14.2 Å². The standard InChI is InChI=1S/C14H23NO3/c1-4-17-9-10-18-11-13(15-2)12-7-5-6-8-14(12)16-3/h5-8,13,15H,4,9-11H2,1-3H3. The van der Waals surface area contributed by atoms with Gasteiger partial charge in [-0.3, -0.25) is 0 Å². The third kappa shape index (κ3) is 4.64. The highest BCUT2D eigenvalue weighted by atomic mass is 16.5. The van der Waals surface area contributed by atoms with Crippen LogP contribution in [0, 0.1) is 0 Å². The van der Waals surface area contributed by atoms with Crippen molar-refractivity contribution in [3.63, 3.8) is 0 Å². The second-order valence-corrected chi connectivity index (χ2v) is 3.86. The molecule has 0 heterocycles. The van der Waals surface area contributed by atoms with Crippen LogP contribution in [-0.4, -0.2) is 40.6 Å². The molecule has 1 aromatic carbocycles. The molecule has 0 aliphatic carbocycles. The number of para-hydroxylation sites is 1. The van der Waals surface area contributed by atoms with Crippen LogP contribution in [0.3, 0.4) is 0 Å². The Morgan fingerprint density at radius 2 is 1.89 bits per heavy atom. The van der Waals surface area contributed by atoms with Crippen LogP contribution in [0.4, 0.5) is 0 Å². The molecule has 4 heteroatoms. The van der Waals surface area contributed by atoms with Crippen molar-refractivity contribution in [3.05, 3.63) is 29.8 Å². The van der Waals surface area contributed by atoms with Crippen LogP contribution in [0.25, 0.3) is 0 Å². The van der Waals surface area contributed by atoms with Gasteiger partial charge >= 0.3 is 0 Å². The van der Waals surface area contributed by atoms with E-state index in [0.717, 1.165) is 17.9 Å². The second-order valence-electron chi connectivity index (χ2n) is 3.86. The largest absolute Gasteiger partial charge is 0.496 e. The summed E-state index contributed by atoms with van der Waals surface area (Å²) >= 11 is 0. The minimum absolute atomic E-state index is 0.128. The summed E-state index contributed by atoms with van der Waals surface area (Å²) in [6.07, 6.45) is 0. The summed E-state index contributed by atoms with van der Waals surface area (Å²) < 4.78 is 16.2. The van der Waals surface area contributed by atoms with Crippen LogP contribution in [0.15, 0.2) is 24.3 Å². The number of ether oxygens (including phenoxy) is 3. The third-order valence-electron chi connectivity index (χ3n) is 2.72. The minimum atomic E-state index is 0.128. The van der Waals surface area contributed by atoms with E-state index < -0.39 is 0 Å². The van der Waals surface area contributed by atoms with E-state index in [9.17, 15) is 0 Å². The van der Waals surface area contributed by atoms with E-state index in [1.165, 1.54) is 0 Å². The maximum absolute atomic E-state index is 5.60. The van der Waals surface area contributed by atoms with Gasteiger partial charge in [0.05, 0.1) is 33.0 Å². The van der Waals surface area contributed by atoms with Gasteiger partial charge in [-0.25, -0.2) is 0 Å². The first-order valence-electron chi connectivity index (χ1n) is 6.29. The van der Waals surface area contributed by atoms with E-state index in [1.807, 2.05) is 38.2 Å². The smallest absolute Gasteiger partial charge is 0.123 e. The Kier molecular flexibility index (Phi) is 7.41. The summed E-state index contributed by atoms with van der Waals surface area (Å²) in [6.45, 7) is 4.56. The van der Waals surface area contributed by atoms with Gasteiger partial charge in [0.25, 0.3) is 0 Å². The maximum atomic E-state index is 5.60. The van der Waals surface area contributed by atoms with Gasteiger partial charge in [-0.05, 0) is 20.0 Å². The molecular formula is C14H23NO3. The average Bonchev–Trinajstić information content (AvgIpc) is 2.43. The number of likely N-dealkylation sites (N-methyl/N-ethyl adjacent to an activating group) is 1. The summed E-state index contributed by atoms with van der Waals surface area (Å²) in [6, 6.07) is 8.10. The van der Waals surface area contributed by atoms with Crippen molar-refractivity contribution in [2.24, 2.45) is 0 Å². The van der Waals surface area contributed by atoms with Crippen LogP contribution in [0.1, 0.15) is 18.5 Å². The minimum Gasteiger partial charge on any atom is -0.496 e. The SMILES string of the molecule is CCOCCOCC(NC)c1ccccc1OC. The third-order valence-corrected chi connectivity index (χ3v) is 2.72. The summed E-state index contributed by atoms with van der Waals surface area (Å²) in [5.74, 6) is 0.880. The quantitative estimate of drug-likeness (QED) is 0.683. The number of rotatable bonds is 9. The lowest BCUT2D eigenvalue weighted by molar-refractivity contribution is 0.0439. The van der Waals surface area contributed by atoms with Gasteiger partial charge in [0.2, 0.25) is 0 Å². The molecule has 0 amide bonds. The monoisotopic (exact) mass is 253 g/mol. The summed E-state index contributed by atoms with van der Waals surface area (Å²) in [7, 11) is 3.60. The van der Waals surface area contributed by atoms with Gasteiger partial charge in [-0.15, -0.1) is 0 Å². The molecule has 0 aliphatic rings. The van der Waals surface area contributed by atoms with Crippen LogP contribution >= 0.6 is 0 Å². The highest BCUT2D eigenvalue weighted by Gasteiger charge is 2.13. The van der Waals surface area contributed by atoms with Crippen molar-refractivity contribution in [3.8, 4) is 5.75 Å². The Hall–Kier alpha value is -1.10. The van der Waals surface area contributed by atoms with Crippen molar-refractivity contribution in [2.75, 3.05) is 40.6 Å². The molecule has 1 unspecified atom stereocenters. The molecule has 1 rings (SSSR count). The number of hydrogen-bond donors (Lipinski definition) is 1. The zero-order valence-electron chi connectivity index (χ0n) is 11.4. The van der Waals surface area contributed by atoms with Crippen molar-refractivity contribution in [1.82, 2.24) is 5.32 Å². The topological polar surface area (TPSA) is 39.7 Å². The van der Waals surface area contributed by atoms with Gasteiger partial charge in [0.15, 0.2) is 0 Å². The fourth-order valence-corrected chi connectivity index (χ4v) is 1.75. The van der Waals surface area contributed by atoms with E-state index in [4.69, 9.17) is 14.2 Å². The second kappa shape index (κ2) is 8.91. The zero-order chi connectivity index (χ0) is 13.2. The van der Waals surface area contributed by atoms with E-state index in [1.54, 1.807) is 7.11 Å². The van der Waals surface area contributed by atoms with Gasteiger partial charge < -0.3 is 19.5 Å². The summed E-state index contributed by atoms with van der Waals surface area (Å²) in [5.41, 5.74) is 1.11. The molecule has 4 nitrogen and oxygen atoms in total. The molecule has 0 radical (unpaired) electrons. The van der Waals surface area contributed by atoms with Crippen molar-refractivity contribution in [1.29, 1.82) is 0 Å².